The van der Waals surface area contributed by atoms with Crippen molar-refractivity contribution in [3.05, 3.63) is 177 Å². The molecule has 0 radical (unpaired) electrons. The average molecular weight is 1020 g/mol. The van der Waals surface area contributed by atoms with Crippen LogP contribution < -0.4 is 15.5 Å². The Morgan fingerprint density at radius 3 is 0.667 bits per heavy atom. The van der Waals surface area contributed by atoms with Gasteiger partial charge in [0.15, 0.2) is 0 Å². The van der Waals surface area contributed by atoms with Gasteiger partial charge in [-0.2, -0.15) is 0 Å². The van der Waals surface area contributed by atoms with E-state index in [9.17, 15) is 19.8 Å². The quantitative estimate of drug-likeness (QED) is 0.103. The second kappa shape index (κ2) is 33.9. The van der Waals surface area contributed by atoms with Gasteiger partial charge in [-0.15, -0.1) is 0 Å². The van der Waals surface area contributed by atoms with Crippen molar-refractivity contribution in [2.24, 2.45) is 0 Å². The SMILES string of the molecule is O.O.O.O.O.O=C([O-])CNCC(=O)[O-].O=[N+]([O-])[O-].O=[N+]([O-])[O-].[Zn+2].[Zn+2].c1cnc2c(c1)ccc1cccnc12.c1cnc2c(c1)ccc1cccnc12.c1cnc2c(c1)ccc1cccnc12. The van der Waals surface area contributed by atoms with Crippen LogP contribution in [0, 0.1) is 30.6 Å². The van der Waals surface area contributed by atoms with Gasteiger partial charge < -0.3 is 83.1 Å². The standard InChI is InChI=1S/3C12H8N2.C4H7NO4.2NO3.5H2O.2Zn/c3*1-3-9-5-6-10-4-2-8-14-12(10)11(9)13-7-1;6-3(7)1-5-2-4(8)9;2*2-1(3)4;;;;;;;/h3*1-8H;5H,1-2H2,(H,6,7)(H,8,9);;;5*1H2;;/q;;;;2*-1;;;;;;2*+2/p-2. The summed E-state index contributed by atoms with van der Waals surface area (Å²) in [6, 6.07) is 36.4. The summed E-state index contributed by atoms with van der Waals surface area (Å²) in [4.78, 5) is 61.8. The van der Waals surface area contributed by atoms with Crippen molar-refractivity contribution in [3.8, 4) is 0 Å². The number of fused-ring (bicyclic) bond motifs is 9. The molecule has 24 nitrogen and oxygen atoms in total. The predicted molar refractivity (Wildman–Crippen MR) is 233 cm³/mol. The van der Waals surface area contributed by atoms with Gasteiger partial charge in [-0.25, -0.2) is 0 Å². The van der Waals surface area contributed by atoms with Gasteiger partial charge >= 0.3 is 39.0 Å². The van der Waals surface area contributed by atoms with Crippen molar-refractivity contribution in [3.63, 3.8) is 0 Å². The summed E-state index contributed by atoms with van der Waals surface area (Å²) in [5, 5.41) is 57.6. The molecule has 0 aliphatic rings. The largest absolute Gasteiger partial charge is 2.00 e. The Bertz CT molecular complexity index is 2410. The summed E-state index contributed by atoms with van der Waals surface area (Å²) in [6.07, 6.45) is 10.8. The molecule has 0 aliphatic carbocycles. The summed E-state index contributed by atoms with van der Waals surface area (Å²) in [6.45, 7) is -0.929. The zero-order chi connectivity index (χ0) is 42.6. The number of pyridine rings is 6. The van der Waals surface area contributed by atoms with Crippen LogP contribution in [0.5, 0.6) is 0 Å². The van der Waals surface area contributed by atoms with Gasteiger partial charge in [-0.3, -0.25) is 29.9 Å². The fourth-order valence-electron chi connectivity index (χ4n) is 5.31. The van der Waals surface area contributed by atoms with Gasteiger partial charge in [0.1, 0.15) is 0 Å². The first-order valence-corrected chi connectivity index (χ1v) is 16.9. The minimum Gasteiger partial charge on any atom is -0.549 e. The number of carboxylic acids is 2. The van der Waals surface area contributed by atoms with Crippen LogP contribution >= 0.6 is 0 Å². The number of carbonyl (C=O) groups is 2. The molecule has 0 fully saturated rings. The van der Waals surface area contributed by atoms with Crippen molar-refractivity contribution >= 4 is 77.4 Å². The summed E-state index contributed by atoms with van der Waals surface area (Å²) in [5.74, 6) is -2.67. The Morgan fingerprint density at radius 1 is 0.379 bits per heavy atom. The summed E-state index contributed by atoms with van der Waals surface area (Å²) < 4.78 is 0. The second-order valence-corrected chi connectivity index (χ2v) is 11.4. The maximum Gasteiger partial charge on any atom is 2.00 e. The van der Waals surface area contributed by atoms with E-state index in [4.69, 9.17) is 30.6 Å². The van der Waals surface area contributed by atoms with E-state index in [0.717, 1.165) is 65.4 Å². The number of nitrogens with one attached hydrogen (secondary N) is 1. The van der Waals surface area contributed by atoms with Crippen molar-refractivity contribution in [2.75, 3.05) is 13.1 Å². The summed E-state index contributed by atoms with van der Waals surface area (Å²) in [7, 11) is 0. The molecule has 338 valence electrons. The first-order chi connectivity index (χ1) is 28.4. The molecule has 0 bridgehead atoms. The number of carboxylic acid groups (broad SMARTS) is 2. The minimum absolute atomic E-state index is 0. The normalized spacial score (nSPS) is 8.85. The fraction of sp³-hybridized carbons (Fsp3) is 0.0500. The number of carbonyl (C=O) groups excluding carboxylic acids is 2. The Hall–Kier alpha value is -7.53. The number of aromatic nitrogens is 6. The average Bonchev–Trinajstić information content (AvgIpc) is 3.23. The number of nitrogens with zero attached hydrogens (tertiary/aromatic N) is 8. The molecule has 0 aliphatic heterocycles. The van der Waals surface area contributed by atoms with E-state index in [1.54, 1.807) is 37.2 Å². The van der Waals surface area contributed by atoms with Crippen LogP contribution in [0.25, 0.3) is 65.4 Å². The predicted octanol–water partition coefficient (Wildman–Crippen LogP) is -0.182. The third-order valence-corrected chi connectivity index (χ3v) is 7.57. The Balaban J connectivity index is -0.000000360. The fourth-order valence-corrected chi connectivity index (χ4v) is 5.31. The minimum atomic E-state index is -1.75. The smallest absolute Gasteiger partial charge is 0.549 e. The van der Waals surface area contributed by atoms with E-state index in [1.807, 2.05) is 36.4 Å². The third kappa shape index (κ3) is 20.8. The van der Waals surface area contributed by atoms with Gasteiger partial charge in [0.05, 0.1) is 55.2 Å². The third-order valence-electron chi connectivity index (χ3n) is 7.57. The van der Waals surface area contributed by atoms with E-state index in [2.05, 4.69) is 108 Å². The molecule has 66 heavy (non-hydrogen) atoms. The van der Waals surface area contributed by atoms with Crippen LogP contribution in [-0.4, -0.2) is 92.5 Å². The molecule has 3 aromatic carbocycles. The zero-order valence-electron chi connectivity index (χ0n) is 34.3. The molecule has 0 amide bonds. The topological polar surface area (TPSA) is 460 Å². The number of hydrogen-bond acceptors (Lipinski definition) is 17. The Kier molecular flexibility index (Phi) is 33.5. The van der Waals surface area contributed by atoms with Crippen molar-refractivity contribution in [1.82, 2.24) is 35.2 Å². The van der Waals surface area contributed by atoms with E-state index < -0.39 is 35.2 Å². The van der Waals surface area contributed by atoms with Gasteiger partial charge in [0, 0.05) is 82.6 Å². The van der Waals surface area contributed by atoms with Crippen LogP contribution in [0.3, 0.4) is 0 Å². The van der Waals surface area contributed by atoms with Crippen LogP contribution in [-0.2, 0) is 48.5 Å². The Labute approximate surface area is 397 Å². The van der Waals surface area contributed by atoms with Gasteiger partial charge in [-0.05, 0) is 36.4 Å². The van der Waals surface area contributed by atoms with Crippen molar-refractivity contribution in [1.29, 1.82) is 0 Å². The maximum absolute atomic E-state index is 9.59. The summed E-state index contributed by atoms with van der Waals surface area (Å²) in [5.41, 5.74) is 5.86. The van der Waals surface area contributed by atoms with Crippen LogP contribution in [0.15, 0.2) is 146 Å². The van der Waals surface area contributed by atoms with Gasteiger partial charge in [0.2, 0.25) is 0 Å². The monoisotopic (exact) mass is 1010 g/mol. The Morgan fingerprint density at radius 2 is 0.530 bits per heavy atom. The molecule has 0 saturated carbocycles. The van der Waals surface area contributed by atoms with E-state index in [0.29, 0.717) is 0 Å². The first kappa shape index (κ1) is 65.1. The van der Waals surface area contributed by atoms with Crippen LogP contribution in [0.1, 0.15) is 0 Å². The summed E-state index contributed by atoms with van der Waals surface area (Å²) >= 11 is 0. The maximum atomic E-state index is 9.59. The molecule has 0 saturated heterocycles. The van der Waals surface area contributed by atoms with Crippen LogP contribution in [0.4, 0.5) is 0 Å². The number of rotatable bonds is 4. The molecule has 0 spiro atoms. The van der Waals surface area contributed by atoms with E-state index in [-0.39, 0.29) is 66.3 Å². The van der Waals surface area contributed by atoms with Crippen molar-refractivity contribution < 1.29 is 96.3 Å². The molecule has 0 atom stereocenters. The molecule has 6 aromatic heterocycles. The number of hydrogen-bond donors (Lipinski definition) is 1. The number of aliphatic carboxylic acids is 2. The molecule has 0 unspecified atom stereocenters. The van der Waals surface area contributed by atoms with Gasteiger partial charge in [-0.1, -0.05) is 72.8 Å². The molecular formula is C40H39N9O15Zn2. The molecule has 6 heterocycles. The molecule has 9 aromatic rings. The number of benzene rings is 3. The molecular weight excluding hydrogens is 977 g/mol. The molecule has 26 heteroatoms. The van der Waals surface area contributed by atoms with Gasteiger partial charge in [0.25, 0.3) is 0 Å². The molecule has 9 rings (SSSR count). The van der Waals surface area contributed by atoms with Crippen LogP contribution in [0.2, 0.25) is 0 Å². The zero-order valence-corrected chi connectivity index (χ0v) is 40.3. The van der Waals surface area contributed by atoms with Crippen molar-refractivity contribution in [2.45, 2.75) is 0 Å². The first-order valence-electron chi connectivity index (χ1n) is 16.9. The molecule has 11 N–H and O–H groups in total. The van der Waals surface area contributed by atoms with E-state index >= 15 is 0 Å². The second-order valence-electron chi connectivity index (χ2n) is 11.4. The van der Waals surface area contributed by atoms with E-state index in [1.165, 1.54) is 0 Å².